The molecule has 2 aliphatic heterocycles. The third-order valence-electron chi connectivity index (χ3n) is 9.62. The highest BCUT2D eigenvalue weighted by molar-refractivity contribution is 5.91. The predicted molar refractivity (Wildman–Crippen MR) is 188 cm³/mol. The van der Waals surface area contributed by atoms with E-state index in [9.17, 15) is 29.1 Å². The molecule has 4 amide bonds. The van der Waals surface area contributed by atoms with Gasteiger partial charge in [0.15, 0.2) is 0 Å². The molecule has 3 aliphatic rings. The number of primary amides is 1. The number of allylic oxidation sites excluding steroid dienone is 1. The normalized spacial score (nSPS) is 22.1. The number of benzene rings is 1. The highest BCUT2D eigenvalue weighted by atomic mass is 16.6. The molecule has 0 spiro atoms. The molecule has 4 atom stereocenters. The maximum atomic E-state index is 13.9. The molecule has 1 aliphatic carbocycles. The molecule has 1 aromatic heterocycles. The number of fused-ring (bicyclic) bond motifs is 1. The number of ether oxygens (including phenoxy) is 3. The van der Waals surface area contributed by atoms with Crippen molar-refractivity contribution in [2.24, 2.45) is 11.1 Å². The Morgan fingerprint density at radius 3 is 2.58 bits per heavy atom. The number of hydrogen-bond acceptors (Lipinski definition) is 9. The number of unbranched alkanes of at least 4 members (excludes halogenated alkanes) is 3. The minimum absolute atomic E-state index is 0.0327. The summed E-state index contributed by atoms with van der Waals surface area (Å²) in [4.78, 5) is 66.8. The minimum atomic E-state index is -1.03. The van der Waals surface area contributed by atoms with E-state index >= 15 is 0 Å². The third-order valence-corrected chi connectivity index (χ3v) is 9.62. The number of carbonyl (C=O) groups is 5. The summed E-state index contributed by atoms with van der Waals surface area (Å²) < 4.78 is 18.9. The number of nitrogens with zero attached hydrogens (tertiary/aromatic N) is 4. The molecule has 2 aromatic rings. The van der Waals surface area contributed by atoms with Gasteiger partial charge in [0.25, 0.3) is 0 Å². The summed E-state index contributed by atoms with van der Waals surface area (Å²) in [6.07, 6.45) is 7.06. The molecule has 1 saturated heterocycles. The fourth-order valence-electron chi connectivity index (χ4n) is 6.59. The Kier molecular flexibility index (Phi) is 11.8. The van der Waals surface area contributed by atoms with Gasteiger partial charge in [-0.3, -0.25) is 24.0 Å². The van der Waals surface area contributed by atoms with Gasteiger partial charge in [-0.15, -0.1) is 0 Å². The Labute approximate surface area is 303 Å². The summed E-state index contributed by atoms with van der Waals surface area (Å²) >= 11 is 0. The lowest BCUT2D eigenvalue weighted by Crippen LogP contribution is -2.53. The van der Waals surface area contributed by atoms with Crippen LogP contribution in [-0.4, -0.2) is 91.6 Å². The van der Waals surface area contributed by atoms with Crippen molar-refractivity contribution in [3.63, 3.8) is 0 Å². The summed E-state index contributed by atoms with van der Waals surface area (Å²) in [7, 11) is 0. The molecule has 3 heterocycles. The number of nitrogens with one attached hydrogen (secondary N) is 1. The topological polar surface area (TPSA) is 196 Å². The van der Waals surface area contributed by atoms with Crippen LogP contribution in [0.25, 0.3) is 0 Å². The number of likely N-dealkylation sites (tertiary alicyclic amines) is 1. The lowest BCUT2D eigenvalue weighted by molar-refractivity contribution is -0.142. The van der Waals surface area contributed by atoms with Gasteiger partial charge in [-0.1, -0.05) is 30.6 Å². The van der Waals surface area contributed by atoms with E-state index in [1.54, 1.807) is 43.5 Å². The zero-order chi connectivity index (χ0) is 37.6. The van der Waals surface area contributed by atoms with E-state index < -0.39 is 59.2 Å². The molecule has 5 rings (SSSR count). The zero-order valence-electron chi connectivity index (χ0n) is 30.3. The molecule has 4 N–H and O–H groups in total. The number of nitrogens with two attached hydrogens (primary N) is 1. The van der Waals surface area contributed by atoms with Crippen LogP contribution < -0.4 is 15.8 Å². The molecule has 0 unspecified atom stereocenters. The van der Waals surface area contributed by atoms with Crippen LogP contribution in [0.5, 0.6) is 5.75 Å². The van der Waals surface area contributed by atoms with Crippen molar-refractivity contribution in [3.8, 4) is 5.75 Å². The summed E-state index contributed by atoms with van der Waals surface area (Å²) in [5, 5.41) is 16.2. The van der Waals surface area contributed by atoms with Crippen molar-refractivity contribution in [2.45, 2.75) is 116 Å². The highest BCUT2D eigenvalue weighted by Crippen LogP contribution is 2.52. The van der Waals surface area contributed by atoms with E-state index in [-0.39, 0.29) is 19.4 Å². The van der Waals surface area contributed by atoms with Gasteiger partial charge >= 0.3 is 18.2 Å². The van der Waals surface area contributed by atoms with Crippen molar-refractivity contribution in [1.82, 2.24) is 24.9 Å². The van der Waals surface area contributed by atoms with Crippen molar-refractivity contribution < 1.29 is 43.3 Å². The van der Waals surface area contributed by atoms with Gasteiger partial charge in [0, 0.05) is 31.9 Å². The quantitative estimate of drug-likeness (QED) is 0.178. The number of aliphatic carboxylic acids is 1. The van der Waals surface area contributed by atoms with Crippen molar-refractivity contribution in [3.05, 3.63) is 59.4 Å². The zero-order valence-corrected chi connectivity index (χ0v) is 30.3. The molecule has 15 nitrogen and oxygen atoms in total. The maximum Gasteiger partial charge on any atom is 0.410 e. The molecule has 1 saturated carbocycles. The van der Waals surface area contributed by atoms with Crippen LogP contribution in [0.3, 0.4) is 0 Å². The second-order valence-corrected chi connectivity index (χ2v) is 14.9. The first kappa shape index (κ1) is 38.2. The number of aromatic nitrogens is 2. The van der Waals surface area contributed by atoms with Gasteiger partial charge in [-0.25, -0.2) is 9.59 Å². The number of alkyl carbamates (subject to hydrolysis) is 1. The van der Waals surface area contributed by atoms with E-state index in [0.29, 0.717) is 51.3 Å². The fraction of sp³-hybridized carbons (Fsp3) is 0.568. The first-order valence-electron chi connectivity index (χ1n) is 17.8. The van der Waals surface area contributed by atoms with Crippen molar-refractivity contribution in [2.75, 3.05) is 13.2 Å². The van der Waals surface area contributed by atoms with Gasteiger partial charge in [-0.2, -0.15) is 5.10 Å². The highest BCUT2D eigenvalue weighted by Gasteiger charge is 2.51. The van der Waals surface area contributed by atoms with Gasteiger partial charge in [0.05, 0.1) is 18.5 Å². The monoisotopic (exact) mass is 722 g/mol. The minimum Gasteiger partial charge on any atom is -0.492 e. The standard InChI is InChI=1S/C37H50N6O9/c1-36(2,3)52-34(48)40-29(11-8-6-5-7-10-26-20-37(26,4)33(46)47)32(45)43-23-28(19-30(43)31(38)44)51-35(49)41-21-24-12-13-27(18-25(24)22-41)50-17-16-42-15-9-14-39-42/h9-10,12-15,18,28-30H,5-8,11,16-17,19-23H2,1-4H3,(H2,38,44)(H,40,48)(H,46,47)/b26-10-/t28-,29+,30+,37+/m1/s1. The fourth-order valence-corrected chi connectivity index (χ4v) is 6.59. The van der Waals surface area contributed by atoms with Crippen molar-refractivity contribution >= 4 is 30.0 Å². The summed E-state index contributed by atoms with van der Waals surface area (Å²) in [6, 6.07) is 5.49. The second kappa shape index (κ2) is 16.1. The summed E-state index contributed by atoms with van der Waals surface area (Å²) in [6.45, 7) is 8.49. The van der Waals surface area contributed by atoms with Crippen LogP contribution in [0, 0.1) is 5.41 Å². The number of carboxylic acids is 1. The Hall–Kier alpha value is -5.08. The Bertz CT molecular complexity index is 1670. The van der Waals surface area contributed by atoms with Crippen LogP contribution in [0.4, 0.5) is 9.59 Å². The summed E-state index contributed by atoms with van der Waals surface area (Å²) in [5.74, 6) is -1.39. The predicted octanol–water partition coefficient (Wildman–Crippen LogP) is 4.13. The van der Waals surface area contributed by atoms with Gasteiger partial charge in [0.1, 0.15) is 36.1 Å². The van der Waals surface area contributed by atoms with E-state index in [0.717, 1.165) is 29.5 Å². The molecule has 1 aromatic carbocycles. The van der Waals surface area contributed by atoms with E-state index in [1.807, 2.05) is 36.5 Å². The Morgan fingerprint density at radius 1 is 1.13 bits per heavy atom. The first-order chi connectivity index (χ1) is 24.6. The van der Waals surface area contributed by atoms with E-state index in [2.05, 4.69) is 10.4 Å². The van der Waals surface area contributed by atoms with Crippen molar-refractivity contribution in [1.29, 1.82) is 0 Å². The Morgan fingerprint density at radius 2 is 1.90 bits per heavy atom. The van der Waals surface area contributed by atoms with Crippen LogP contribution in [0.1, 0.15) is 83.8 Å². The van der Waals surface area contributed by atoms with Crippen LogP contribution >= 0.6 is 0 Å². The van der Waals surface area contributed by atoms with Gasteiger partial charge < -0.3 is 35.3 Å². The average Bonchev–Trinajstić information content (AvgIpc) is 3.52. The van der Waals surface area contributed by atoms with Crippen LogP contribution in [0.2, 0.25) is 0 Å². The smallest absolute Gasteiger partial charge is 0.410 e. The largest absolute Gasteiger partial charge is 0.492 e. The number of carboxylic acid groups (broad SMARTS) is 1. The molecular weight excluding hydrogens is 672 g/mol. The average molecular weight is 723 g/mol. The number of hydrogen-bond donors (Lipinski definition) is 3. The molecular formula is C37H50N6O9. The SMILES string of the molecule is CC(C)(C)OC(=O)N[C@@H](CCCCC/C=C1/C[C@]1(C)C(=O)O)C(=O)N1C[C@H](OC(=O)N2Cc3ccc(OCCn4cccn4)cc3C2)C[C@H]1C(N)=O. The maximum absolute atomic E-state index is 13.9. The third kappa shape index (κ3) is 9.82. The lowest BCUT2D eigenvalue weighted by atomic mass is 10.0. The lowest BCUT2D eigenvalue weighted by Gasteiger charge is -2.28. The summed E-state index contributed by atoms with van der Waals surface area (Å²) in [5.41, 5.74) is 7.00. The van der Waals surface area contributed by atoms with Crippen LogP contribution in [-0.2, 0) is 43.5 Å². The number of carbonyl (C=O) groups excluding carboxylic acids is 4. The molecule has 15 heteroatoms. The van der Waals surface area contributed by atoms with Gasteiger partial charge in [-0.05, 0) is 82.7 Å². The molecule has 0 radical (unpaired) electrons. The molecule has 0 bridgehead atoms. The number of rotatable bonds is 15. The second-order valence-electron chi connectivity index (χ2n) is 14.9. The van der Waals surface area contributed by atoms with E-state index in [4.69, 9.17) is 19.9 Å². The molecule has 2 fully saturated rings. The van der Waals surface area contributed by atoms with Crippen LogP contribution in [0.15, 0.2) is 48.3 Å². The molecule has 52 heavy (non-hydrogen) atoms. The van der Waals surface area contributed by atoms with E-state index in [1.165, 1.54) is 4.90 Å². The van der Waals surface area contributed by atoms with Gasteiger partial charge in [0.2, 0.25) is 11.8 Å². The first-order valence-corrected chi connectivity index (χ1v) is 17.8. The molecule has 282 valence electrons. The Balaban J connectivity index is 1.15. The number of amides is 4.